The maximum atomic E-state index is 14.4. The van der Waals surface area contributed by atoms with Gasteiger partial charge in [-0.05, 0) is 67.2 Å². The molecule has 0 spiro atoms. The first-order valence-corrected chi connectivity index (χ1v) is 10.9. The highest BCUT2D eigenvalue weighted by Gasteiger charge is 2.20. The van der Waals surface area contributed by atoms with E-state index in [0.29, 0.717) is 30.9 Å². The Bertz CT molecular complexity index is 875. The van der Waals surface area contributed by atoms with E-state index >= 15 is 0 Å². The van der Waals surface area contributed by atoms with Crippen molar-refractivity contribution >= 4 is 18.6 Å². The molecule has 1 saturated carbocycles. The zero-order valence-corrected chi connectivity index (χ0v) is 18.7. The Morgan fingerprint density at radius 1 is 1.26 bits per heavy atom. The third-order valence-electron chi connectivity index (χ3n) is 5.64. The molecule has 1 aromatic rings. The fraction of sp³-hybridized carbons (Fsp3) is 0.423. The maximum absolute atomic E-state index is 14.4. The summed E-state index contributed by atoms with van der Waals surface area (Å²) in [6.07, 6.45) is 14.3. The molecule has 166 valence electrons. The molecular weight excluding hydrogens is 392 g/mol. The molecule has 3 nitrogen and oxygen atoms in total. The van der Waals surface area contributed by atoms with Gasteiger partial charge in [0.15, 0.2) is 11.6 Å². The van der Waals surface area contributed by atoms with E-state index in [0.717, 1.165) is 29.7 Å². The predicted octanol–water partition coefficient (Wildman–Crippen LogP) is 7.01. The molecule has 2 rings (SSSR count). The number of aliphatic imine (C=N–C) groups is 3. The second kappa shape index (κ2) is 12.9. The van der Waals surface area contributed by atoms with Crippen LogP contribution in [0, 0.1) is 17.6 Å². The second-order valence-electron chi connectivity index (χ2n) is 8.22. The van der Waals surface area contributed by atoms with Crippen LogP contribution in [0.25, 0.3) is 0 Å². The fourth-order valence-electron chi connectivity index (χ4n) is 3.87. The molecule has 0 N–H and O–H groups in total. The van der Waals surface area contributed by atoms with Gasteiger partial charge < -0.3 is 0 Å². The molecule has 1 aromatic carbocycles. The van der Waals surface area contributed by atoms with Crippen molar-refractivity contribution < 1.29 is 8.78 Å². The lowest BCUT2D eigenvalue weighted by Crippen LogP contribution is -2.06. The molecule has 0 amide bonds. The van der Waals surface area contributed by atoms with Crippen molar-refractivity contribution in [3.63, 3.8) is 0 Å². The van der Waals surface area contributed by atoms with Crippen LogP contribution in [0.1, 0.15) is 63.0 Å². The standard InChI is InChI=1S/C26H33F2N3/c1-5-21(18-31-20(3)17-30-12-8-11-29-4)13-19(2)23-15-24(26(28)25(27)16-23)14-22-9-6-7-10-22/h5,8,11-12,15-16,18-19,22H,1,4,6-7,9-10,13-14,17H2,2-3H3/b11-8-,21-18+,30-12?,31-20?. The Morgan fingerprint density at radius 3 is 2.68 bits per heavy atom. The van der Waals surface area contributed by atoms with E-state index in [1.807, 2.05) is 19.9 Å². The highest BCUT2D eigenvalue weighted by atomic mass is 19.2. The van der Waals surface area contributed by atoms with Crippen LogP contribution in [0.3, 0.4) is 0 Å². The summed E-state index contributed by atoms with van der Waals surface area (Å²) in [4.78, 5) is 12.3. The van der Waals surface area contributed by atoms with E-state index in [2.05, 4.69) is 28.3 Å². The monoisotopic (exact) mass is 425 g/mol. The van der Waals surface area contributed by atoms with Crippen LogP contribution < -0.4 is 0 Å². The molecule has 0 bridgehead atoms. The van der Waals surface area contributed by atoms with Crippen LogP contribution in [0.4, 0.5) is 8.78 Å². The fourth-order valence-corrected chi connectivity index (χ4v) is 3.87. The number of hydrogen-bond donors (Lipinski definition) is 0. The van der Waals surface area contributed by atoms with Crippen molar-refractivity contribution in [2.24, 2.45) is 20.9 Å². The van der Waals surface area contributed by atoms with Crippen LogP contribution in [0.5, 0.6) is 0 Å². The molecule has 1 aliphatic rings. The summed E-state index contributed by atoms with van der Waals surface area (Å²) in [6, 6.07) is 3.17. The molecule has 0 saturated heterocycles. The quantitative estimate of drug-likeness (QED) is 0.270. The normalized spacial score (nSPS) is 17.0. The molecule has 1 unspecified atom stereocenters. The summed E-state index contributed by atoms with van der Waals surface area (Å²) in [5.74, 6) is -0.964. The molecule has 1 atom stereocenters. The van der Waals surface area contributed by atoms with Gasteiger partial charge >= 0.3 is 0 Å². The zero-order chi connectivity index (χ0) is 22.6. The Kier molecular flexibility index (Phi) is 10.2. The summed E-state index contributed by atoms with van der Waals surface area (Å²) in [6.45, 7) is 11.6. The number of hydrogen-bond acceptors (Lipinski definition) is 3. The first-order valence-electron chi connectivity index (χ1n) is 10.9. The van der Waals surface area contributed by atoms with E-state index in [4.69, 9.17) is 0 Å². The van der Waals surface area contributed by atoms with Crippen LogP contribution in [0.2, 0.25) is 0 Å². The summed E-state index contributed by atoms with van der Waals surface area (Å²) >= 11 is 0. The molecule has 0 heterocycles. The molecule has 1 fully saturated rings. The van der Waals surface area contributed by atoms with Gasteiger partial charge in [0.05, 0.1) is 6.54 Å². The van der Waals surface area contributed by atoms with Crippen LogP contribution >= 0.6 is 0 Å². The molecular formula is C26H33F2N3. The van der Waals surface area contributed by atoms with E-state index in [-0.39, 0.29) is 5.92 Å². The third kappa shape index (κ3) is 8.16. The summed E-state index contributed by atoms with van der Waals surface area (Å²) in [5.41, 5.74) is 3.11. The zero-order valence-electron chi connectivity index (χ0n) is 18.7. The van der Waals surface area contributed by atoms with Crippen molar-refractivity contribution in [1.29, 1.82) is 0 Å². The minimum absolute atomic E-state index is 0.0201. The highest BCUT2D eigenvalue weighted by molar-refractivity contribution is 5.86. The summed E-state index contributed by atoms with van der Waals surface area (Å²) in [5, 5.41) is 0. The largest absolute Gasteiger partial charge is 0.287 e. The molecule has 5 heteroatoms. The van der Waals surface area contributed by atoms with Gasteiger partial charge in [-0.3, -0.25) is 15.0 Å². The predicted molar refractivity (Wildman–Crippen MR) is 128 cm³/mol. The van der Waals surface area contributed by atoms with Crippen molar-refractivity contribution in [3.05, 3.63) is 71.6 Å². The topological polar surface area (TPSA) is 37.1 Å². The van der Waals surface area contributed by atoms with E-state index in [9.17, 15) is 8.78 Å². The van der Waals surface area contributed by atoms with Gasteiger partial charge in [-0.25, -0.2) is 8.78 Å². The minimum Gasteiger partial charge on any atom is -0.287 e. The molecule has 0 aromatic heterocycles. The Balaban J connectivity index is 2.07. The highest BCUT2D eigenvalue weighted by Crippen LogP contribution is 2.32. The first-order chi connectivity index (χ1) is 14.9. The third-order valence-corrected chi connectivity index (χ3v) is 5.64. The van der Waals surface area contributed by atoms with Gasteiger partial charge in [-0.1, -0.05) is 51.3 Å². The number of allylic oxidation sites excluding steroid dienone is 3. The molecule has 0 radical (unpaired) electrons. The SMILES string of the molecule is C=C/C(=C\N=C(C)CN=C/C=C\N=C)CC(C)c1cc(F)c(F)c(CC2CCCC2)c1. The van der Waals surface area contributed by atoms with Crippen LogP contribution in [-0.2, 0) is 6.42 Å². The number of rotatable bonds is 11. The minimum atomic E-state index is -0.756. The lowest BCUT2D eigenvalue weighted by Gasteiger charge is -2.16. The summed E-state index contributed by atoms with van der Waals surface area (Å²) < 4.78 is 28.6. The van der Waals surface area contributed by atoms with E-state index in [1.165, 1.54) is 18.9 Å². The summed E-state index contributed by atoms with van der Waals surface area (Å²) in [7, 11) is 0. The molecule has 1 aliphatic carbocycles. The number of benzene rings is 1. The van der Waals surface area contributed by atoms with Gasteiger partial charge in [0.1, 0.15) is 0 Å². The van der Waals surface area contributed by atoms with Crippen LogP contribution in [0.15, 0.2) is 63.8 Å². The Morgan fingerprint density at radius 2 is 2.00 bits per heavy atom. The van der Waals surface area contributed by atoms with Crippen LogP contribution in [-0.4, -0.2) is 25.2 Å². The maximum Gasteiger partial charge on any atom is 0.162 e. The second-order valence-corrected chi connectivity index (χ2v) is 8.22. The lowest BCUT2D eigenvalue weighted by molar-refractivity contribution is 0.473. The van der Waals surface area contributed by atoms with Crippen molar-refractivity contribution in [2.75, 3.05) is 6.54 Å². The first kappa shape index (κ1) is 24.6. The van der Waals surface area contributed by atoms with Gasteiger partial charge in [0.25, 0.3) is 0 Å². The molecule has 31 heavy (non-hydrogen) atoms. The van der Waals surface area contributed by atoms with E-state index < -0.39 is 11.6 Å². The van der Waals surface area contributed by atoms with E-state index in [1.54, 1.807) is 30.8 Å². The van der Waals surface area contributed by atoms with Crippen molar-refractivity contribution in [3.8, 4) is 0 Å². The van der Waals surface area contributed by atoms with Gasteiger partial charge in [-0.15, -0.1) is 0 Å². The van der Waals surface area contributed by atoms with Crippen molar-refractivity contribution in [1.82, 2.24) is 0 Å². The Labute approximate surface area is 185 Å². The smallest absolute Gasteiger partial charge is 0.162 e. The lowest BCUT2D eigenvalue weighted by atomic mass is 9.90. The number of halogens is 2. The Hall–Kier alpha value is -2.69. The molecule has 0 aliphatic heterocycles. The van der Waals surface area contributed by atoms with Gasteiger partial charge in [-0.2, -0.15) is 0 Å². The average molecular weight is 426 g/mol. The number of nitrogens with zero attached hydrogens (tertiary/aromatic N) is 3. The van der Waals surface area contributed by atoms with Gasteiger partial charge in [0, 0.05) is 24.3 Å². The average Bonchev–Trinajstić information content (AvgIpc) is 3.27. The van der Waals surface area contributed by atoms with Gasteiger partial charge in [0.2, 0.25) is 0 Å². The van der Waals surface area contributed by atoms with Crippen molar-refractivity contribution in [2.45, 2.75) is 58.3 Å².